The van der Waals surface area contributed by atoms with E-state index in [2.05, 4.69) is 24.3 Å². The average molecular weight is 182 g/mol. The van der Waals surface area contributed by atoms with Crippen LogP contribution in [0.4, 0.5) is 0 Å². The first-order valence-corrected chi connectivity index (χ1v) is 5.47. The summed E-state index contributed by atoms with van der Waals surface area (Å²) in [6.45, 7) is 1.84. The third kappa shape index (κ3) is 3.85. The third-order valence-corrected chi connectivity index (χ3v) is 2.95. The first kappa shape index (κ1) is 9.70. The Morgan fingerprint density at radius 1 is 1.33 bits per heavy atom. The summed E-state index contributed by atoms with van der Waals surface area (Å²) < 4.78 is 0. The van der Waals surface area contributed by atoms with Gasteiger partial charge in [0.25, 0.3) is 0 Å². The van der Waals surface area contributed by atoms with E-state index in [1.54, 1.807) is 0 Å². The molecule has 2 atom stereocenters. The van der Waals surface area contributed by atoms with Crippen molar-refractivity contribution >= 4 is 13.9 Å². The molecule has 0 aliphatic heterocycles. The van der Waals surface area contributed by atoms with E-state index in [9.17, 15) is 0 Å². The number of hydrogen-bond donors (Lipinski definition) is 1. The van der Waals surface area contributed by atoms with Gasteiger partial charge in [-0.25, -0.2) is 0 Å². The molecule has 1 aromatic carbocycles. The lowest BCUT2D eigenvalue weighted by Crippen LogP contribution is -2.02. The Balaban J connectivity index is 2.25. The zero-order valence-electron chi connectivity index (χ0n) is 7.33. The highest BCUT2D eigenvalue weighted by Crippen LogP contribution is 2.11. The van der Waals surface area contributed by atoms with Crippen molar-refractivity contribution < 1.29 is 5.11 Å². The van der Waals surface area contributed by atoms with Crippen LogP contribution in [0, 0.1) is 0 Å². The van der Waals surface area contributed by atoms with Gasteiger partial charge in [0, 0.05) is 0 Å². The molecular formula is C10H15OP. The smallest absolute Gasteiger partial charge is 0.0515 e. The number of hydrogen-bond acceptors (Lipinski definition) is 1. The van der Waals surface area contributed by atoms with Gasteiger partial charge in [-0.1, -0.05) is 38.9 Å². The second-order valence-electron chi connectivity index (χ2n) is 2.93. The van der Waals surface area contributed by atoms with Crippen molar-refractivity contribution in [1.29, 1.82) is 0 Å². The zero-order valence-corrected chi connectivity index (χ0v) is 8.33. The minimum absolute atomic E-state index is 0.152. The maximum atomic E-state index is 9.03. The topological polar surface area (TPSA) is 20.2 Å². The number of benzene rings is 1. The third-order valence-electron chi connectivity index (χ3n) is 1.67. The van der Waals surface area contributed by atoms with E-state index in [1.165, 1.54) is 5.30 Å². The predicted molar refractivity (Wildman–Crippen MR) is 55.6 cm³/mol. The van der Waals surface area contributed by atoms with Gasteiger partial charge in [-0.15, -0.1) is 0 Å². The van der Waals surface area contributed by atoms with Crippen molar-refractivity contribution in [3.63, 3.8) is 0 Å². The van der Waals surface area contributed by atoms with Gasteiger partial charge < -0.3 is 5.11 Å². The normalized spacial score (nSPS) is 13.8. The molecule has 0 aliphatic carbocycles. The first-order valence-electron chi connectivity index (χ1n) is 4.26. The van der Waals surface area contributed by atoms with Crippen LogP contribution in [0.1, 0.15) is 13.3 Å². The van der Waals surface area contributed by atoms with Crippen molar-refractivity contribution in [3.8, 4) is 0 Å². The van der Waals surface area contributed by atoms with Gasteiger partial charge in [0.2, 0.25) is 0 Å². The van der Waals surface area contributed by atoms with Gasteiger partial charge in [-0.05, 0) is 24.8 Å². The van der Waals surface area contributed by atoms with E-state index in [4.69, 9.17) is 5.11 Å². The highest BCUT2D eigenvalue weighted by atomic mass is 31.1. The van der Waals surface area contributed by atoms with Crippen LogP contribution in [0.25, 0.3) is 0 Å². The Morgan fingerprint density at radius 2 is 2.00 bits per heavy atom. The molecule has 0 saturated carbocycles. The lowest BCUT2D eigenvalue weighted by atomic mass is 10.3. The summed E-state index contributed by atoms with van der Waals surface area (Å²) in [5, 5.41) is 10.4. The van der Waals surface area contributed by atoms with Crippen LogP contribution in [-0.2, 0) is 0 Å². The SMILES string of the molecule is CC(O)CCPc1ccccc1. The van der Waals surface area contributed by atoms with Gasteiger partial charge >= 0.3 is 0 Å². The summed E-state index contributed by atoms with van der Waals surface area (Å²) in [5.74, 6) is 0. The number of rotatable bonds is 4. The largest absolute Gasteiger partial charge is 0.393 e. The van der Waals surface area contributed by atoms with Crippen LogP contribution in [0.2, 0.25) is 0 Å². The maximum Gasteiger partial charge on any atom is 0.0515 e. The molecule has 1 aromatic rings. The van der Waals surface area contributed by atoms with Crippen molar-refractivity contribution in [2.75, 3.05) is 6.16 Å². The summed E-state index contributed by atoms with van der Waals surface area (Å²) in [7, 11) is 0.837. The van der Waals surface area contributed by atoms with Crippen LogP contribution < -0.4 is 5.30 Å². The summed E-state index contributed by atoms with van der Waals surface area (Å²) in [6.07, 6.45) is 1.86. The molecule has 0 fully saturated rings. The molecule has 0 heterocycles. The fourth-order valence-corrected chi connectivity index (χ4v) is 2.26. The fraction of sp³-hybridized carbons (Fsp3) is 0.400. The fourth-order valence-electron chi connectivity index (χ4n) is 0.981. The van der Waals surface area contributed by atoms with Crippen LogP contribution in [0.5, 0.6) is 0 Å². The Kier molecular flexibility index (Phi) is 4.27. The molecule has 0 bridgehead atoms. The van der Waals surface area contributed by atoms with Gasteiger partial charge in [-0.3, -0.25) is 0 Å². The molecule has 2 heteroatoms. The molecule has 66 valence electrons. The average Bonchev–Trinajstić information content (AvgIpc) is 2.05. The van der Waals surface area contributed by atoms with E-state index in [0.29, 0.717) is 0 Å². The summed E-state index contributed by atoms with van der Waals surface area (Å²) in [4.78, 5) is 0. The monoisotopic (exact) mass is 182 g/mol. The molecule has 0 spiro atoms. The van der Waals surface area contributed by atoms with Gasteiger partial charge in [-0.2, -0.15) is 0 Å². The highest BCUT2D eigenvalue weighted by Gasteiger charge is 1.95. The second kappa shape index (κ2) is 5.29. The molecule has 0 amide bonds. The van der Waals surface area contributed by atoms with Gasteiger partial charge in [0.1, 0.15) is 0 Å². The molecule has 1 nitrogen and oxygen atoms in total. The molecule has 12 heavy (non-hydrogen) atoms. The van der Waals surface area contributed by atoms with Crippen LogP contribution in [0.15, 0.2) is 30.3 Å². The molecule has 0 saturated heterocycles. The molecule has 1 N–H and O–H groups in total. The van der Waals surface area contributed by atoms with E-state index in [1.807, 2.05) is 13.0 Å². The lowest BCUT2D eigenvalue weighted by Gasteiger charge is -2.03. The lowest BCUT2D eigenvalue weighted by molar-refractivity contribution is 0.192. The second-order valence-corrected chi connectivity index (χ2v) is 4.36. The van der Waals surface area contributed by atoms with E-state index < -0.39 is 0 Å². The molecule has 0 radical (unpaired) electrons. The van der Waals surface area contributed by atoms with Crippen molar-refractivity contribution in [1.82, 2.24) is 0 Å². The zero-order chi connectivity index (χ0) is 8.81. The van der Waals surface area contributed by atoms with E-state index >= 15 is 0 Å². The Labute approximate surface area is 75.6 Å². The molecule has 1 rings (SSSR count). The quantitative estimate of drug-likeness (QED) is 0.703. The van der Waals surface area contributed by atoms with Gasteiger partial charge in [0.15, 0.2) is 0 Å². The Bertz CT molecular complexity index is 208. The van der Waals surface area contributed by atoms with Crippen molar-refractivity contribution in [3.05, 3.63) is 30.3 Å². The van der Waals surface area contributed by atoms with E-state index in [0.717, 1.165) is 21.2 Å². The molecule has 0 aromatic heterocycles. The minimum atomic E-state index is -0.152. The summed E-state index contributed by atoms with van der Waals surface area (Å²) in [6, 6.07) is 10.4. The minimum Gasteiger partial charge on any atom is -0.393 e. The molecular weight excluding hydrogens is 167 g/mol. The highest BCUT2D eigenvalue weighted by molar-refractivity contribution is 7.47. The maximum absolute atomic E-state index is 9.03. The van der Waals surface area contributed by atoms with Crippen molar-refractivity contribution in [2.24, 2.45) is 0 Å². The first-order chi connectivity index (χ1) is 5.79. The summed E-state index contributed by atoms with van der Waals surface area (Å²) >= 11 is 0. The van der Waals surface area contributed by atoms with Crippen molar-refractivity contribution in [2.45, 2.75) is 19.4 Å². The number of aliphatic hydroxyl groups excluding tert-OH is 1. The van der Waals surface area contributed by atoms with Crippen LogP contribution in [-0.4, -0.2) is 17.4 Å². The number of aliphatic hydroxyl groups is 1. The van der Waals surface area contributed by atoms with Gasteiger partial charge in [0.05, 0.1) is 6.10 Å². The Morgan fingerprint density at radius 3 is 2.58 bits per heavy atom. The molecule has 0 aliphatic rings. The summed E-state index contributed by atoms with van der Waals surface area (Å²) in [5.41, 5.74) is 0. The standard InChI is InChI=1S/C10H15OP/c1-9(11)7-8-12-10-5-3-2-4-6-10/h2-6,9,11-12H,7-8H2,1H3. The molecule has 2 unspecified atom stereocenters. The van der Waals surface area contributed by atoms with E-state index in [-0.39, 0.29) is 6.10 Å². The van der Waals surface area contributed by atoms with Crippen LogP contribution in [0.3, 0.4) is 0 Å². The Hall–Kier alpha value is -0.390. The predicted octanol–water partition coefficient (Wildman–Crippen LogP) is 1.76. The van der Waals surface area contributed by atoms with Crippen LogP contribution >= 0.6 is 8.58 Å².